The van der Waals surface area contributed by atoms with Crippen LogP contribution in [0.2, 0.25) is 0 Å². The molecule has 4 rings (SSSR count). The molecule has 2 saturated heterocycles. The number of carbonyl (C=O) groups is 2. The highest BCUT2D eigenvalue weighted by atomic mass is 16.4. The van der Waals surface area contributed by atoms with Crippen molar-refractivity contribution in [3.63, 3.8) is 0 Å². The first kappa shape index (κ1) is 14.2. The summed E-state index contributed by atoms with van der Waals surface area (Å²) in [6.45, 7) is 1.93. The van der Waals surface area contributed by atoms with Crippen LogP contribution in [0.1, 0.15) is 19.3 Å². The number of anilines is 2. The molecule has 0 spiro atoms. The van der Waals surface area contributed by atoms with Crippen molar-refractivity contribution in [3.8, 4) is 0 Å². The Kier molecular flexibility index (Phi) is 3.32. The molecule has 3 fully saturated rings. The lowest BCUT2D eigenvalue weighted by Gasteiger charge is -2.25. The van der Waals surface area contributed by atoms with Gasteiger partial charge in [0.2, 0.25) is 5.91 Å². The zero-order valence-electron chi connectivity index (χ0n) is 12.7. The summed E-state index contributed by atoms with van der Waals surface area (Å²) in [6, 6.07) is 0.148. The highest BCUT2D eigenvalue weighted by molar-refractivity contribution is 5.93. The first-order chi connectivity index (χ1) is 11.1. The van der Waals surface area contributed by atoms with Crippen molar-refractivity contribution in [2.45, 2.75) is 25.3 Å². The Morgan fingerprint density at radius 2 is 2.04 bits per heavy atom. The number of nitrogens with zero attached hydrogens (tertiary/aromatic N) is 4. The monoisotopic (exact) mass is 317 g/mol. The number of likely N-dealkylation sites (tertiary alicyclic amines) is 1. The molecular formula is C15H19N5O3. The lowest BCUT2D eigenvalue weighted by atomic mass is 10.1. The van der Waals surface area contributed by atoms with Gasteiger partial charge in [-0.05, 0) is 19.3 Å². The molecule has 0 bridgehead atoms. The molecule has 0 aromatic carbocycles. The summed E-state index contributed by atoms with van der Waals surface area (Å²) in [5, 5.41) is 12.0. The second-order valence-corrected chi connectivity index (χ2v) is 6.52. The lowest BCUT2D eigenvalue weighted by molar-refractivity contribution is -0.117. The molecule has 1 aromatic rings. The van der Waals surface area contributed by atoms with Crippen LogP contribution in [0.15, 0.2) is 12.4 Å². The van der Waals surface area contributed by atoms with Crippen molar-refractivity contribution >= 4 is 23.6 Å². The Morgan fingerprint density at radius 3 is 2.78 bits per heavy atom. The molecule has 2 unspecified atom stereocenters. The molecule has 2 amide bonds. The fourth-order valence-corrected chi connectivity index (χ4v) is 3.53. The smallest absolute Gasteiger partial charge is 0.407 e. The van der Waals surface area contributed by atoms with Gasteiger partial charge >= 0.3 is 6.09 Å². The van der Waals surface area contributed by atoms with E-state index in [-0.39, 0.29) is 17.9 Å². The summed E-state index contributed by atoms with van der Waals surface area (Å²) in [4.78, 5) is 35.3. The Bertz CT molecular complexity index is 648. The number of nitrogens with one attached hydrogen (secondary N) is 1. The number of carbonyl (C=O) groups excluding carboxylic acids is 1. The van der Waals surface area contributed by atoms with Gasteiger partial charge in [-0.2, -0.15) is 0 Å². The van der Waals surface area contributed by atoms with E-state index in [2.05, 4.69) is 20.2 Å². The molecular weight excluding hydrogens is 298 g/mol. The van der Waals surface area contributed by atoms with Gasteiger partial charge in [0.25, 0.3) is 0 Å². The molecule has 3 heterocycles. The van der Waals surface area contributed by atoms with E-state index in [1.165, 1.54) is 4.90 Å². The molecule has 2 aliphatic heterocycles. The average molecular weight is 317 g/mol. The van der Waals surface area contributed by atoms with Crippen molar-refractivity contribution in [1.82, 2.24) is 14.9 Å². The van der Waals surface area contributed by atoms with Gasteiger partial charge in [0.05, 0.1) is 18.4 Å². The maximum atomic E-state index is 11.8. The number of aromatic nitrogens is 2. The van der Waals surface area contributed by atoms with Gasteiger partial charge in [-0.15, -0.1) is 0 Å². The molecule has 1 saturated carbocycles. The Morgan fingerprint density at radius 1 is 1.22 bits per heavy atom. The van der Waals surface area contributed by atoms with Gasteiger partial charge in [-0.25, -0.2) is 9.78 Å². The van der Waals surface area contributed by atoms with Gasteiger partial charge < -0.3 is 20.2 Å². The van der Waals surface area contributed by atoms with Crippen molar-refractivity contribution in [2.24, 2.45) is 11.8 Å². The second kappa shape index (κ2) is 5.36. The number of hydrogen-bond acceptors (Lipinski definition) is 5. The molecule has 8 nitrogen and oxygen atoms in total. The van der Waals surface area contributed by atoms with Crippen molar-refractivity contribution in [3.05, 3.63) is 12.4 Å². The summed E-state index contributed by atoms with van der Waals surface area (Å²) >= 11 is 0. The number of fused-ring (bicyclic) bond motifs is 1. The van der Waals surface area contributed by atoms with Gasteiger partial charge in [0, 0.05) is 31.5 Å². The first-order valence-corrected chi connectivity index (χ1v) is 7.99. The van der Waals surface area contributed by atoms with E-state index < -0.39 is 6.09 Å². The van der Waals surface area contributed by atoms with Crippen LogP contribution in [0.3, 0.4) is 0 Å². The van der Waals surface area contributed by atoms with Crippen molar-refractivity contribution in [1.29, 1.82) is 0 Å². The summed E-state index contributed by atoms with van der Waals surface area (Å²) < 4.78 is 0. The molecule has 0 radical (unpaired) electrons. The fraction of sp³-hybridized carbons (Fsp3) is 0.600. The van der Waals surface area contributed by atoms with Gasteiger partial charge in [0.15, 0.2) is 5.82 Å². The SMILES string of the molecule is O=C(Nc1cncc(N2CCC3CN(C(=O)O)CC32)n1)C1CC1. The van der Waals surface area contributed by atoms with Gasteiger partial charge in [-0.3, -0.25) is 9.78 Å². The predicted molar refractivity (Wildman–Crippen MR) is 82.2 cm³/mol. The van der Waals surface area contributed by atoms with E-state index in [4.69, 9.17) is 5.11 Å². The third-order valence-corrected chi connectivity index (χ3v) is 4.93. The summed E-state index contributed by atoms with van der Waals surface area (Å²) in [5.74, 6) is 1.65. The maximum absolute atomic E-state index is 11.8. The average Bonchev–Trinajstić information content (AvgIpc) is 3.17. The van der Waals surface area contributed by atoms with Crippen LogP contribution in [-0.2, 0) is 4.79 Å². The highest BCUT2D eigenvalue weighted by Crippen LogP contribution is 2.34. The molecule has 2 N–H and O–H groups in total. The van der Waals surface area contributed by atoms with Gasteiger partial charge in [-0.1, -0.05) is 0 Å². The van der Waals surface area contributed by atoms with Crippen LogP contribution in [0.5, 0.6) is 0 Å². The summed E-state index contributed by atoms with van der Waals surface area (Å²) in [5.41, 5.74) is 0. The predicted octanol–water partition coefficient (Wildman–Crippen LogP) is 1.01. The second-order valence-electron chi connectivity index (χ2n) is 6.52. The fourth-order valence-electron chi connectivity index (χ4n) is 3.53. The molecule has 1 aliphatic carbocycles. The third-order valence-electron chi connectivity index (χ3n) is 4.93. The van der Waals surface area contributed by atoms with Crippen molar-refractivity contribution < 1.29 is 14.7 Å². The van der Waals surface area contributed by atoms with Crippen LogP contribution in [0, 0.1) is 11.8 Å². The minimum atomic E-state index is -0.865. The van der Waals surface area contributed by atoms with Crippen molar-refractivity contribution in [2.75, 3.05) is 29.9 Å². The van der Waals surface area contributed by atoms with E-state index in [9.17, 15) is 9.59 Å². The summed E-state index contributed by atoms with van der Waals surface area (Å²) in [6.07, 6.45) is 5.21. The molecule has 8 heteroatoms. The topological polar surface area (TPSA) is 98.7 Å². The van der Waals surface area contributed by atoms with Crippen LogP contribution in [0.4, 0.5) is 16.4 Å². The normalized spacial score (nSPS) is 26.3. The quantitative estimate of drug-likeness (QED) is 0.863. The minimum Gasteiger partial charge on any atom is -0.465 e. The van der Waals surface area contributed by atoms with E-state index in [1.54, 1.807) is 12.4 Å². The Balaban J connectivity index is 1.49. The third kappa shape index (κ3) is 2.69. The Labute approximate surface area is 133 Å². The molecule has 2 atom stereocenters. The standard InChI is InChI=1S/C15H19N5O3/c21-14(9-1-2-9)18-12-5-16-6-13(17-12)20-4-3-10-7-19(15(22)23)8-11(10)20/h5-6,9-11H,1-4,7-8H2,(H,22,23)(H,17,18,21). The van der Waals surface area contributed by atoms with Crippen LogP contribution in [-0.4, -0.2) is 57.7 Å². The Hall–Kier alpha value is -2.38. The van der Waals surface area contributed by atoms with Crippen LogP contribution < -0.4 is 10.2 Å². The largest absolute Gasteiger partial charge is 0.465 e. The minimum absolute atomic E-state index is 0.00803. The van der Waals surface area contributed by atoms with Gasteiger partial charge in [0.1, 0.15) is 5.82 Å². The molecule has 1 aromatic heterocycles. The van der Waals surface area contributed by atoms with E-state index in [1.807, 2.05) is 0 Å². The zero-order chi connectivity index (χ0) is 16.0. The molecule has 23 heavy (non-hydrogen) atoms. The lowest BCUT2D eigenvalue weighted by Crippen LogP contribution is -2.37. The highest BCUT2D eigenvalue weighted by Gasteiger charge is 2.43. The van der Waals surface area contributed by atoms with Crippen LogP contribution in [0.25, 0.3) is 0 Å². The molecule has 3 aliphatic rings. The number of rotatable bonds is 3. The molecule has 122 valence electrons. The number of carboxylic acid groups (broad SMARTS) is 1. The van der Waals surface area contributed by atoms with Crippen LogP contribution >= 0.6 is 0 Å². The first-order valence-electron chi connectivity index (χ1n) is 7.99. The maximum Gasteiger partial charge on any atom is 0.407 e. The van der Waals surface area contributed by atoms with E-state index >= 15 is 0 Å². The number of amides is 2. The van der Waals surface area contributed by atoms with E-state index in [0.717, 1.165) is 25.8 Å². The zero-order valence-corrected chi connectivity index (χ0v) is 12.7. The number of hydrogen-bond donors (Lipinski definition) is 2. The summed E-state index contributed by atoms with van der Waals surface area (Å²) in [7, 11) is 0. The van der Waals surface area contributed by atoms with E-state index in [0.29, 0.717) is 30.6 Å².